The molecule has 0 aromatic heterocycles. The van der Waals surface area contributed by atoms with E-state index in [0.29, 0.717) is 5.92 Å². The van der Waals surface area contributed by atoms with Crippen molar-refractivity contribution in [1.29, 1.82) is 0 Å². The molecule has 0 aliphatic carbocycles. The Kier molecular flexibility index (Phi) is 8.61. The molecule has 0 spiro atoms. The molecule has 0 saturated heterocycles. The molecule has 82 valence electrons. The molecule has 0 saturated carbocycles. The van der Waals surface area contributed by atoms with Crippen LogP contribution >= 0.6 is 0 Å². The molecule has 0 aliphatic rings. The summed E-state index contributed by atoms with van der Waals surface area (Å²) >= 11 is 0. The molecule has 0 radical (unpaired) electrons. The van der Waals surface area contributed by atoms with Gasteiger partial charge in [-0.05, 0) is 31.1 Å². The van der Waals surface area contributed by atoms with E-state index in [0.717, 1.165) is 32.0 Å². The average molecular weight is 198 g/mol. The van der Waals surface area contributed by atoms with Gasteiger partial charge in [0, 0.05) is 19.3 Å². The summed E-state index contributed by atoms with van der Waals surface area (Å²) in [5.74, 6) is 2.97. The highest BCUT2D eigenvalue weighted by Gasteiger charge is 2.00. The highest BCUT2D eigenvalue weighted by Crippen LogP contribution is 2.05. The third kappa shape index (κ3) is 9.50. The summed E-state index contributed by atoms with van der Waals surface area (Å²) in [5.41, 5.74) is 0. The van der Waals surface area contributed by atoms with Gasteiger partial charge >= 0.3 is 0 Å². The molecule has 0 N–H and O–H groups in total. The van der Waals surface area contributed by atoms with Crippen LogP contribution in [0.5, 0.6) is 0 Å². The van der Waals surface area contributed by atoms with Gasteiger partial charge in [0.15, 0.2) is 0 Å². The number of hydrogen-bond acceptors (Lipinski definition) is 2. The van der Waals surface area contributed by atoms with Gasteiger partial charge in [-0.3, -0.25) is 0 Å². The Labute approximate surface area is 87.3 Å². The Morgan fingerprint density at radius 2 is 2.07 bits per heavy atom. The first-order valence-corrected chi connectivity index (χ1v) is 5.44. The van der Waals surface area contributed by atoms with Gasteiger partial charge < -0.3 is 4.74 Å². The van der Waals surface area contributed by atoms with E-state index in [1.165, 1.54) is 12.5 Å². The van der Waals surface area contributed by atoms with Crippen molar-refractivity contribution >= 4 is 5.94 Å². The maximum atomic E-state index is 9.94. The minimum absolute atomic E-state index is 0.426. The maximum Gasteiger partial charge on any atom is 0.120 e. The van der Waals surface area contributed by atoms with Crippen LogP contribution in [0.15, 0.2) is 6.08 Å². The molecule has 0 rings (SSSR count). The highest BCUT2D eigenvalue weighted by atomic mass is 16.5. The van der Waals surface area contributed by atoms with Gasteiger partial charge in [-0.25, -0.2) is 4.79 Å². The minimum Gasteiger partial charge on any atom is -0.381 e. The van der Waals surface area contributed by atoms with Gasteiger partial charge in [0.2, 0.25) is 0 Å². The Bertz CT molecular complexity index is 169. The summed E-state index contributed by atoms with van der Waals surface area (Å²) in [7, 11) is 0. The maximum absolute atomic E-state index is 9.94. The van der Waals surface area contributed by atoms with E-state index in [9.17, 15) is 4.79 Å². The van der Waals surface area contributed by atoms with Crippen LogP contribution in [0.2, 0.25) is 0 Å². The first kappa shape index (κ1) is 13.4. The van der Waals surface area contributed by atoms with Gasteiger partial charge in [0.1, 0.15) is 5.94 Å². The molecule has 1 atom stereocenters. The first-order chi connectivity index (χ1) is 6.66. The third-order valence-electron chi connectivity index (χ3n) is 2.08. The molecule has 0 aromatic carbocycles. The van der Waals surface area contributed by atoms with Crippen molar-refractivity contribution in [3.63, 3.8) is 0 Å². The van der Waals surface area contributed by atoms with Crippen molar-refractivity contribution in [2.75, 3.05) is 13.2 Å². The predicted octanol–water partition coefficient (Wildman–Crippen LogP) is 2.85. The molecular weight excluding hydrogens is 176 g/mol. The van der Waals surface area contributed by atoms with Crippen molar-refractivity contribution in [3.05, 3.63) is 6.08 Å². The van der Waals surface area contributed by atoms with Crippen LogP contribution in [0.3, 0.4) is 0 Å². The van der Waals surface area contributed by atoms with Crippen molar-refractivity contribution < 1.29 is 9.53 Å². The largest absolute Gasteiger partial charge is 0.381 e. The van der Waals surface area contributed by atoms with Gasteiger partial charge in [-0.1, -0.05) is 20.8 Å². The zero-order chi connectivity index (χ0) is 10.8. The summed E-state index contributed by atoms with van der Waals surface area (Å²) < 4.78 is 5.49. The zero-order valence-electron chi connectivity index (χ0n) is 9.58. The quantitative estimate of drug-likeness (QED) is 0.443. The molecule has 0 heterocycles. The van der Waals surface area contributed by atoms with Crippen LogP contribution in [-0.4, -0.2) is 19.2 Å². The van der Waals surface area contributed by atoms with Crippen LogP contribution < -0.4 is 0 Å². The molecule has 1 unspecified atom stereocenters. The van der Waals surface area contributed by atoms with Crippen LogP contribution in [0, 0.1) is 11.8 Å². The molecule has 2 nitrogen and oxygen atoms in total. The zero-order valence-corrected chi connectivity index (χ0v) is 9.58. The monoisotopic (exact) mass is 198 g/mol. The van der Waals surface area contributed by atoms with Crippen LogP contribution in [0.4, 0.5) is 0 Å². The van der Waals surface area contributed by atoms with Gasteiger partial charge in [0.25, 0.3) is 0 Å². The summed E-state index contributed by atoms with van der Waals surface area (Å²) in [5, 5.41) is 0. The summed E-state index contributed by atoms with van der Waals surface area (Å²) in [6.45, 7) is 8.11. The van der Waals surface area contributed by atoms with E-state index in [1.54, 1.807) is 5.94 Å². The Morgan fingerprint density at radius 3 is 2.64 bits per heavy atom. The average Bonchev–Trinajstić information content (AvgIpc) is 2.13. The summed E-state index contributed by atoms with van der Waals surface area (Å²) in [6.07, 6.45) is 4.66. The van der Waals surface area contributed by atoms with Crippen molar-refractivity contribution in [1.82, 2.24) is 0 Å². The molecule has 0 fully saturated rings. The SMILES string of the molecule is CC(C)CCCOCC(C)CC=C=O. The fraction of sp³-hybridized carbons (Fsp3) is 0.833. The Hall–Kier alpha value is -0.590. The van der Waals surface area contributed by atoms with Gasteiger partial charge in [-0.15, -0.1) is 0 Å². The molecule has 0 bridgehead atoms. The minimum atomic E-state index is 0.426. The molecule has 14 heavy (non-hydrogen) atoms. The Balaban J connectivity index is 3.22. The fourth-order valence-electron chi connectivity index (χ4n) is 1.20. The molecule has 0 amide bonds. The molecule has 0 aliphatic heterocycles. The lowest BCUT2D eigenvalue weighted by Crippen LogP contribution is -2.06. The second kappa shape index (κ2) is 8.98. The second-order valence-corrected chi connectivity index (χ2v) is 4.27. The first-order valence-electron chi connectivity index (χ1n) is 5.44. The lowest BCUT2D eigenvalue weighted by molar-refractivity contribution is 0.100. The molecular formula is C12H22O2. The van der Waals surface area contributed by atoms with E-state index in [1.807, 2.05) is 0 Å². The van der Waals surface area contributed by atoms with Crippen LogP contribution in [0.1, 0.15) is 40.0 Å². The lowest BCUT2D eigenvalue weighted by atomic mass is 10.1. The molecule has 0 aromatic rings. The fourth-order valence-corrected chi connectivity index (χ4v) is 1.20. The smallest absolute Gasteiger partial charge is 0.120 e. The summed E-state index contributed by atoms with van der Waals surface area (Å²) in [6, 6.07) is 0. The number of ether oxygens (including phenoxy) is 1. The third-order valence-corrected chi connectivity index (χ3v) is 2.08. The van der Waals surface area contributed by atoms with E-state index in [-0.39, 0.29) is 0 Å². The van der Waals surface area contributed by atoms with Gasteiger partial charge in [-0.2, -0.15) is 0 Å². The standard InChI is InChI=1S/C12H22O2/c1-11(2)6-5-9-14-10-12(3)7-4-8-13/h4,11-12H,5-7,9-10H2,1-3H3. The van der Waals surface area contributed by atoms with E-state index >= 15 is 0 Å². The number of hydrogen-bond donors (Lipinski definition) is 0. The van der Waals surface area contributed by atoms with Gasteiger partial charge in [0.05, 0.1) is 0 Å². The van der Waals surface area contributed by atoms with E-state index < -0.39 is 0 Å². The predicted molar refractivity (Wildman–Crippen MR) is 58.9 cm³/mol. The van der Waals surface area contributed by atoms with Crippen LogP contribution in [0.25, 0.3) is 0 Å². The van der Waals surface area contributed by atoms with Crippen molar-refractivity contribution in [2.24, 2.45) is 11.8 Å². The number of allylic oxidation sites excluding steroid dienone is 1. The summed E-state index contributed by atoms with van der Waals surface area (Å²) in [4.78, 5) is 9.94. The van der Waals surface area contributed by atoms with Crippen molar-refractivity contribution in [3.8, 4) is 0 Å². The lowest BCUT2D eigenvalue weighted by Gasteiger charge is -2.09. The normalized spacial score (nSPS) is 12.6. The molecule has 2 heteroatoms. The Morgan fingerprint density at radius 1 is 1.36 bits per heavy atom. The van der Waals surface area contributed by atoms with Crippen molar-refractivity contribution in [2.45, 2.75) is 40.0 Å². The second-order valence-electron chi connectivity index (χ2n) is 4.27. The number of rotatable bonds is 8. The van der Waals surface area contributed by atoms with Crippen LogP contribution in [-0.2, 0) is 9.53 Å². The topological polar surface area (TPSA) is 26.3 Å². The number of carbonyl (C=O) groups excluding carboxylic acids is 1. The van der Waals surface area contributed by atoms with E-state index in [4.69, 9.17) is 4.74 Å². The van der Waals surface area contributed by atoms with E-state index in [2.05, 4.69) is 20.8 Å². The highest BCUT2D eigenvalue weighted by molar-refractivity contribution is 5.44.